The molecule has 2 atom stereocenters. The zero-order valence-corrected chi connectivity index (χ0v) is 14.9. The van der Waals surface area contributed by atoms with Crippen molar-refractivity contribution in [3.63, 3.8) is 0 Å². The van der Waals surface area contributed by atoms with Crippen LogP contribution < -0.4 is 5.73 Å². The Balaban J connectivity index is 1.82. The molecular weight excluding hydrogens is 337 g/mol. The highest BCUT2D eigenvalue weighted by molar-refractivity contribution is 8.13. The quantitative estimate of drug-likeness (QED) is 0.709. The van der Waals surface area contributed by atoms with E-state index in [9.17, 15) is 9.36 Å². The zero-order chi connectivity index (χ0) is 16.8. The number of hydrogen-bond acceptors (Lipinski definition) is 8. The van der Waals surface area contributed by atoms with Crippen LogP contribution in [-0.4, -0.2) is 49.0 Å². The minimum absolute atomic E-state index is 0.0438. The summed E-state index contributed by atoms with van der Waals surface area (Å²) in [4.78, 5) is 23.1. The second-order valence-corrected chi connectivity index (χ2v) is 8.22. The number of nitrogens with two attached hydrogens (primary N) is 1. The second-order valence-electron chi connectivity index (χ2n) is 5.08. The number of hydrogen-bond donors (Lipinski definition) is 1. The van der Waals surface area contributed by atoms with Crippen LogP contribution in [0.4, 0.5) is 5.82 Å². The lowest BCUT2D eigenvalue weighted by molar-refractivity contribution is -0.109. The summed E-state index contributed by atoms with van der Waals surface area (Å²) in [6.07, 6.45) is 3.63. The summed E-state index contributed by atoms with van der Waals surface area (Å²) in [5.41, 5.74) is 6.96. The summed E-state index contributed by atoms with van der Waals surface area (Å²) in [5.74, 6) is 0.920. The van der Waals surface area contributed by atoms with Crippen molar-refractivity contribution < 1.29 is 14.1 Å². The van der Waals surface area contributed by atoms with E-state index in [0.717, 1.165) is 0 Å². The van der Waals surface area contributed by atoms with E-state index in [2.05, 4.69) is 15.0 Å². The molecular formula is C13H20N5O3PS. The molecule has 0 radical (unpaired) electrons. The summed E-state index contributed by atoms with van der Waals surface area (Å²) in [5, 5.41) is 0.0438. The molecule has 0 amide bonds. The molecule has 2 aromatic heterocycles. The molecule has 2 aromatic rings. The molecule has 0 aliphatic carbocycles. The highest BCUT2D eigenvalue weighted by Gasteiger charge is 2.12. The molecule has 0 aliphatic heterocycles. The van der Waals surface area contributed by atoms with Crippen molar-refractivity contribution in [2.75, 3.05) is 24.0 Å². The van der Waals surface area contributed by atoms with Crippen molar-refractivity contribution in [3.05, 3.63) is 12.7 Å². The minimum atomic E-state index is -1.82. The van der Waals surface area contributed by atoms with Gasteiger partial charge in [0.05, 0.1) is 25.3 Å². The van der Waals surface area contributed by atoms with Gasteiger partial charge in [0, 0.05) is 18.8 Å². The van der Waals surface area contributed by atoms with E-state index < -0.39 is 7.80 Å². The van der Waals surface area contributed by atoms with Crippen LogP contribution in [0.15, 0.2) is 12.7 Å². The Bertz CT molecular complexity index is 708. The minimum Gasteiger partial charge on any atom is -0.382 e. The van der Waals surface area contributed by atoms with Crippen LogP contribution >= 0.6 is 19.6 Å². The van der Waals surface area contributed by atoms with Gasteiger partial charge < -0.3 is 19.6 Å². The molecule has 10 heteroatoms. The van der Waals surface area contributed by atoms with Gasteiger partial charge in [-0.3, -0.25) is 4.79 Å². The van der Waals surface area contributed by atoms with Gasteiger partial charge in [0.15, 0.2) is 16.6 Å². The number of rotatable bonds is 8. The van der Waals surface area contributed by atoms with Crippen molar-refractivity contribution in [2.45, 2.75) is 26.5 Å². The number of nitrogens with zero attached hydrogens (tertiary/aromatic N) is 4. The number of carbonyl (C=O) groups excluding carboxylic acids is 1. The summed E-state index contributed by atoms with van der Waals surface area (Å²) < 4.78 is 19.3. The molecule has 2 N–H and O–H groups in total. The Labute approximate surface area is 139 Å². The summed E-state index contributed by atoms with van der Waals surface area (Å²) in [6, 6.07) is 0. The predicted molar refractivity (Wildman–Crippen MR) is 92.2 cm³/mol. The van der Waals surface area contributed by atoms with E-state index in [1.54, 1.807) is 6.33 Å². The van der Waals surface area contributed by atoms with E-state index in [1.807, 2.05) is 11.5 Å². The van der Waals surface area contributed by atoms with E-state index >= 15 is 0 Å². The van der Waals surface area contributed by atoms with Gasteiger partial charge in [0.2, 0.25) is 0 Å². The fourth-order valence-corrected chi connectivity index (χ4v) is 4.20. The highest BCUT2D eigenvalue weighted by atomic mass is 32.2. The third-order valence-corrected chi connectivity index (χ3v) is 5.57. The first kappa shape index (κ1) is 17.9. The molecule has 0 spiro atoms. The van der Waals surface area contributed by atoms with Gasteiger partial charge in [0.25, 0.3) is 0 Å². The average molecular weight is 357 g/mol. The number of fused-ring (bicyclic) bond motifs is 1. The molecule has 0 fully saturated rings. The number of ether oxygens (including phenoxy) is 1. The number of nitrogen functional groups attached to an aromatic ring is 1. The fraction of sp³-hybridized carbons (Fsp3) is 0.538. The number of aromatic nitrogens is 4. The molecule has 126 valence electrons. The van der Waals surface area contributed by atoms with Crippen LogP contribution in [0.2, 0.25) is 0 Å². The number of anilines is 1. The number of thioether (sulfide) groups is 1. The first-order valence-corrected chi connectivity index (χ1v) is 9.96. The maximum absolute atomic E-state index is 11.9. The maximum atomic E-state index is 11.9. The van der Waals surface area contributed by atoms with Crippen molar-refractivity contribution >= 4 is 41.7 Å². The average Bonchev–Trinajstić information content (AvgIpc) is 2.89. The van der Waals surface area contributed by atoms with Crippen LogP contribution in [0.25, 0.3) is 11.2 Å². The lowest BCUT2D eigenvalue weighted by Crippen LogP contribution is -2.16. The Morgan fingerprint density at radius 2 is 2.26 bits per heavy atom. The lowest BCUT2D eigenvalue weighted by atomic mass is 10.4. The predicted octanol–water partition coefficient (Wildman–Crippen LogP) is 1.61. The Morgan fingerprint density at radius 1 is 1.48 bits per heavy atom. The van der Waals surface area contributed by atoms with Gasteiger partial charge in [-0.05, 0) is 6.92 Å². The summed E-state index contributed by atoms with van der Waals surface area (Å²) in [7, 11) is -1.82. The summed E-state index contributed by atoms with van der Waals surface area (Å²) >= 11 is 1.19. The molecule has 2 rings (SSSR count). The topological polar surface area (TPSA) is 113 Å². The normalized spacial score (nSPS) is 14.0. The molecule has 8 nitrogen and oxygen atoms in total. The molecule has 0 saturated heterocycles. The van der Waals surface area contributed by atoms with Crippen LogP contribution in [0.1, 0.15) is 13.8 Å². The highest BCUT2D eigenvalue weighted by Crippen LogP contribution is 2.23. The van der Waals surface area contributed by atoms with Crippen molar-refractivity contribution in [1.29, 1.82) is 0 Å². The number of carbonyl (C=O) groups is 1. The van der Waals surface area contributed by atoms with Crippen molar-refractivity contribution in [1.82, 2.24) is 19.5 Å². The van der Waals surface area contributed by atoms with Gasteiger partial charge >= 0.3 is 0 Å². The van der Waals surface area contributed by atoms with Gasteiger partial charge in [-0.25, -0.2) is 15.0 Å². The standard InChI is InChI=1S/C13H20N5O3PS/c1-9(21-8-22(20)3-4-23-10(2)19)5-18-7-17-11-12(14)15-6-16-13(11)18/h6-7,9,22H,3-5,8H2,1-2H3,(H2,14,15,16)/t9-/m1/s1. The third kappa shape index (κ3) is 5.30. The van der Waals surface area contributed by atoms with Crippen LogP contribution in [0.3, 0.4) is 0 Å². The number of imidazole rings is 1. The SMILES string of the molecule is CC(=O)SCC[PH](=O)CO[C@H](C)Cn1cnc2c(N)ncnc21. The molecule has 1 unspecified atom stereocenters. The maximum Gasteiger partial charge on any atom is 0.185 e. The van der Waals surface area contributed by atoms with E-state index in [0.29, 0.717) is 35.4 Å². The van der Waals surface area contributed by atoms with Gasteiger partial charge in [-0.15, -0.1) is 0 Å². The monoisotopic (exact) mass is 357 g/mol. The first-order valence-electron chi connectivity index (χ1n) is 7.15. The van der Waals surface area contributed by atoms with Crippen LogP contribution in [-0.2, 0) is 20.6 Å². The lowest BCUT2D eigenvalue weighted by Gasteiger charge is -2.13. The molecule has 0 saturated carbocycles. The van der Waals surface area contributed by atoms with Crippen molar-refractivity contribution in [3.8, 4) is 0 Å². The zero-order valence-electron chi connectivity index (χ0n) is 13.1. The third-order valence-electron chi connectivity index (χ3n) is 3.10. The second kappa shape index (κ2) is 8.42. The Kier molecular flexibility index (Phi) is 6.56. The van der Waals surface area contributed by atoms with Gasteiger partial charge in [0.1, 0.15) is 19.6 Å². The van der Waals surface area contributed by atoms with Gasteiger partial charge in [-0.2, -0.15) is 0 Å². The van der Waals surface area contributed by atoms with E-state index in [1.165, 1.54) is 25.0 Å². The first-order chi connectivity index (χ1) is 11.0. The molecule has 2 heterocycles. The largest absolute Gasteiger partial charge is 0.382 e. The molecule has 0 aromatic carbocycles. The molecule has 23 heavy (non-hydrogen) atoms. The van der Waals surface area contributed by atoms with Gasteiger partial charge in [-0.1, -0.05) is 11.8 Å². The van der Waals surface area contributed by atoms with E-state index in [4.69, 9.17) is 10.5 Å². The van der Waals surface area contributed by atoms with Crippen LogP contribution in [0.5, 0.6) is 0 Å². The van der Waals surface area contributed by atoms with Crippen LogP contribution in [0, 0.1) is 0 Å². The Hall–Kier alpha value is -1.44. The summed E-state index contributed by atoms with van der Waals surface area (Å²) in [6.45, 7) is 3.94. The Morgan fingerprint density at radius 3 is 3.00 bits per heavy atom. The molecule has 0 bridgehead atoms. The fourth-order valence-electron chi connectivity index (χ4n) is 1.98. The molecule has 0 aliphatic rings. The smallest absolute Gasteiger partial charge is 0.185 e. The van der Waals surface area contributed by atoms with Crippen molar-refractivity contribution in [2.24, 2.45) is 0 Å². The van der Waals surface area contributed by atoms with E-state index in [-0.39, 0.29) is 17.6 Å².